The van der Waals surface area contributed by atoms with Crippen LogP contribution in [-0.4, -0.2) is 43.5 Å². The van der Waals surface area contributed by atoms with Crippen molar-refractivity contribution in [3.05, 3.63) is 29.8 Å². The minimum atomic E-state index is -0.0955. The van der Waals surface area contributed by atoms with E-state index in [0.29, 0.717) is 6.54 Å². The number of fused-ring (bicyclic) bond motifs is 1. The van der Waals surface area contributed by atoms with Gasteiger partial charge >= 0.3 is 0 Å². The number of likely N-dealkylation sites (N-methyl/N-ethyl adjacent to an activating group) is 1. The number of carbonyl (C=O) groups excluding carboxylic acids is 1. The van der Waals surface area contributed by atoms with Crippen LogP contribution in [0.25, 0.3) is 0 Å². The molecule has 1 atom stereocenters. The zero-order chi connectivity index (χ0) is 13.7. The third-order valence-electron chi connectivity index (χ3n) is 3.70. The first-order valence-corrected chi connectivity index (χ1v) is 7.01. The van der Waals surface area contributed by atoms with Gasteiger partial charge in [-0.25, -0.2) is 0 Å². The van der Waals surface area contributed by atoms with Crippen molar-refractivity contribution in [2.75, 3.05) is 32.0 Å². The summed E-state index contributed by atoms with van der Waals surface area (Å²) in [5.74, 6) is 0.110. The van der Waals surface area contributed by atoms with Crippen molar-refractivity contribution in [1.29, 1.82) is 0 Å². The Balaban J connectivity index is 1.82. The normalized spacial score (nSPS) is 17.7. The van der Waals surface area contributed by atoms with E-state index in [1.165, 1.54) is 5.56 Å². The maximum atomic E-state index is 12.1. The van der Waals surface area contributed by atoms with Crippen molar-refractivity contribution in [2.45, 2.75) is 25.8 Å². The lowest BCUT2D eigenvalue weighted by Crippen LogP contribution is -2.44. The topological polar surface area (TPSA) is 44.4 Å². The Morgan fingerprint density at radius 1 is 1.47 bits per heavy atom. The fourth-order valence-electron chi connectivity index (χ4n) is 2.29. The van der Waals surface area contributed by atoms with E-state index >= 15 is 0 Å². The highest BCUT2D eigenvalue weighted by Gasteiger charge is 2.23. The van der Waals surface area contributed by atoms with Gasteiger partial charge in [-0.2, -0.15) is 0 Å². The van der Waals surface area contributed by atoms with E-state index in [4.69, 9.17) is 0 Å². The average Bonchev–Trinajstić information content (AvgIpc) is 2.46. The minimum absolute atomic E-state index is 0.0955. The van der Waals surface area contributed by atoms with Gasteiger partial charge in [-0.3, -0.25) is 4.79 Å². The molecule has 2 rings (SSSR count). The molecule has 0 aliphatic carbocycles. The molecule has 0 radical (unpaired) electrons. The molecule has 0 aromatic heterocycles. The Kier molecular flexibility index (Phi) is 4.80. The van der Waals surface area contributed by atoms with Crippen molar-refractivity contribution in [2.24, 2.45) is 0 Å². The van der Waals surface area contributed by atoms with Gasteiger partial charge in [0.2, 0.25) is 5.91 Å². The standard InChI is InChI=1S/C15H23N3O/c1-3-18(2)11-10-16-15(19)14-9-8-12-6-4-5-7-13(12)17-14/h4-7,14,17H,3,8-11H2,1-2H3,(H,16,19). The molecule has 0 spiro atoms. The second-order valence-corrected chi connectivity index (χ2v) is 5.08. The highest BCUT2D eigenvalue weighted by atomic mass is 16.2. The van der Waals surface area contributed by atoms with Crippen LogP contribution in [0.3, 0.4) is 0 Å². The van der Waals surface area contributed by atoms with Gasteiger partial charge in [-0.05, 0) is 38.1 Å². The molecular formula is C15H23N3O. The molecule has 1 amide bonds. The molecule has 0 bridgehead atoms. The number of carbonyl (C=O) groups is 1. The van der Waals surface area contributed by atoms with Gasteiger partial charge in [0.1, 0.15) is 6.04 Å². The van der Waals surface area contributed by atoms with Gasteiger partial charge < -0.3 is 15.5 Å². The molecule has 0 saturated heterocycles. The summed E-state index contributed by atoms with van der Waals surface area (Å²) in [4.78, 5) is 14.3. The maximum Gasteiger partial charge on any atom is 0.242 e. The van der Waals surface area contributed by atoms with E-state index in [0.717, 1.165) is 31.6 Å². The summed E-state index contributed by atoms with van der Waals surface area (Å²) in [5, 5.41) is 6.33. The van der Waals surface area contributed by atoms with Crippen LogP contribution in [0.1, 0.15) is 18.9 Å². The van der Waals surface area contributed by atoms with E-state index in [2.05, 4.69) is 35.6 Å². The van der Waals surface area contributed by atoms with E-state index in [1.807, 2.05) is 18.2 Å². The van der Waals surface area contributed by atoms with Crippen molar-refractivity contribution in [1.82, 2.24) is 10.2 Å². The Morgan fingerprint density at radius 2 is 2.26 bits per heavy atom. The number of hydrogen-bond donors (Lipinski definition) is 2. The monoisotopic (exact) mass is 261 g/mol. The molecular weight excluding hydrogens is 238 g/mol. The molecule has 0 saturated carbocycles. The fraction of sp³-hybridized carbons (Fsp3) is 0.533. The van der Waals surface area contributed by atoms with Crippen molar-refractivity contribution < 1.29 is 4.79 Å². The van der Waals surface area contributed by atoms with E-state index in [-0.39, 0.29) is 11.9 Å². The Hall–Kier alpha value is -1.55. The second kappa shape index (κ2) is 6.57. The maximum absolute atomic E-state index is 12.1. The molecule has 104 valence electrons. The summed E-state index contributed by atoms with van der Waals surface area (Å²) < 4.78 is 0. The lowest BCUT2D eigenvalue weighted by Gasteiger charge is -2.26. The van der Waals surface area contributed by atoms with Crippen molar-refractivity contribution in [3.63, 3.8) is 0 Å². The Morgan fingerprint density at radius 3 is 3.05 bits per heavy atom. The van der Waals surface area contributed by atoms with Crippen LogP contribution in [-0.2, 0) is 11.2 Å². The SMILES string of the molecule is CCN(C)CCNC(=O)C1CCc2ccccc2N1. The number of aryl methyl sites for hydroxylation is 1. The molecule has 1 aromatic rings. The van der Waals surface area contributed by atoms with Crippen molar-refractivity contribution in [3.8, 4) is 0 Å². The van der Waals surface area contributed by atoms with E-state index in [9.17, 15) is 4.79 Å². The number of amides is 1. The smallest absolute Gasteiger partial charge is 0.242 e. The van der Waals surface area contributed by atoms with E-state index in [1.54, 1.807) is 0 Å². The molecule has 1 heterocycles. The van der Waals surface area contributed by atoms with Crippen LogP contribution in [0.4, 0.5) is 5.69 Å². The van der Waals surface area contributed by atoms with Crippen LogP contribution < -0.4 is 10.6 Å². The number of rotatable bonds is 5. The van der Waals surface area contributed by atoms with Crippen LogP contribution in [0.15, 0.2) is 24.3 Å². The predicted octanol–water partition coefficient (Wildman–Crippen LogP) is 1.48. The third kappa shape index (κ3) is 3.70. The molecule has 4 heteroatoms. The van der Waals surface area contributed by atoms with Crippen LogP contribution >= 0.6 is 0 Å². The second-order valence-electron chi connectivity index (χ2n) is 5.08. The molecule has 0 fully saturated rings. The van der Waals surface area contributed by atoms with Gasteiger partial charge in [0.15, 0.2) is 0 Å². The van der Waals surface area contributed by atoms with E-state index < -0.39 is 0 Å². The number of anilines is 1. The summed E-state index contributed by atoms with van der Waals surface area (Å²) in [6.07, 6.45) is 1.84. The Bertz CT molecular complexity index is 433. The highest BCUT2D eigenvalue weighted by molar-refractivity contribution is 5.85. The predicted molar refractivity (Wildman–Crippen MR) is 78.4 cm³/mol. The number of hydrogen-bond acceptors (Lipinski definition) is 3. The molecule has 19 heavy (non-hydrogen) atoms. The van der Waals surface area contributed by atoms with Gasteiger partial charge in [0.05, 0.1) is 0 Å². The van der Waals surface area contributed by atoms with Gasteiger partial charge in [0, 0.05) is 18.8 Å². The van der Waals surface area contributed by atoms with Gasteiger partial charge in [-0.15, -0.1) is 0 Å². The lowest BCUT2D eigenvalue weighted by atomic mass is 9.98. The molecule has 1 aromatic carbocycles. The first-order chi connectivity index (χ1) is 9.20. The van der Waals surface area contributed by atoms with Crippen LogP contribution in [0, 0.1) is 0 Å². The average molecular weight is 261 g/mol. The number of benzene rings is 1. The first kappa shape index (κ1) is 13.9. The lowest BCUT2D eigenvalue weighted by molar-refractivity contribution is -0.122. The summed E-state index contributed by atoms with van der Waals surface area (Å²) in [7, 11) is 2.06. The molecule has 2 N–H and O–H groups in total. The molecule has 1 unspecified atom stereocenters. The summed E-state index contributed by atoms with van der Waals surface area (Å²) in [6, 6.07) is 8.11. The number of nitrogens with one attached hydrogen (secondary N) is 2. The fourth-order valence-corrected chi connectivity index (χ4v) is 2.29. The highest BCUT2D eigenvalue weighted by Crippen LogP contribution is 2.24. The van der Waals surface area contributed by atoms with Crippen molar-refractivity contribution >= 4 is 11.6 Å². The summed E-state index contributed by atoms with van der Waals surface area (Å²) in [5.41, 5.74) is 2.40. The number of nitrogens with zero attached hydrogens (tertiary/aromatic N) is 1. The summed E-state index contributed by atoms with van der Waals surface area (Å²) in [6.45, 7) is 4.72. The Labute approximate surface area is 115 Å². The van der Waals surface area contributed by atoms with Gasteiger partial charge in [0.25, 0.3) is 0 Å². The van der Waals surface area contributed by atoms with Gasteiger partial charge in [-0.1, -0.05) is 25.1 Å². The largest absolute Gasteiger partial charge is 0.373 e. The summed E-state index contributed by atoms with van der Waals surface area (Å²) >= 11 is 0. The van der Waals surface area contributed by atoms with Crippen LogP contribution in [0.5, 0.6) is 0 Å². The number of para-hydroxylation sites is 1. The minimum Gasteiger partial charge on any atom is -0.373 e. The zero-order valence-electron chi connectivity index (χ0n) is 11.8. The quantitative estimate of drug-likeness (QED) is 0.844. The zero-order valence-corrected chi connectivity index (χ0v) is 11.8. The molecule has 1 aliphatic heterocycles. The third-order valence-corrected chi connectivity index (χ3v) is 3.70. The molecule has 4 nitrogen and oxygen atoms in total. The molecule has 1 aliphatic rings. The van der Waals surface area contributed by atoms with Crippen LogP contribution in [0.2, 0.25) is 0 Å². The first-order valence-electron chi connectivity index (χ1n) is 7.01.